The minimum absolute atomic E-state index is 0.0713. The third kappa shape index (κ3) is 8.43. The highest BCUT2D eigenvalue weighted by Gasteiger charge is 2.98. The van der Waals surface area contributed by atoms with Crippen LogP contribution in [0.5, 0.6) is 0 Å². The number of amides is 3. The van der Waals surface area contributed by atoms with Crippen molar-refractivity contribution in [1.29, 1.82) is 0 Å². The number of carboxylic acid groups (broad SMARTS) is 4. The number of aliphatic carboxylic acids is 4. The highest BCUT2D eigenvalue weighted by atomic mass is 16.4. The minimum Gasteiger partial charge on any atom is -0.481 e. The summed E-state index contributed by atoms with van der Waals surface area (Å²) < 4.78 is 1.71. The number of nitrogens with one attached hydrogen (secondary N) is 3. The lowest BCUT2D eigenvalue weighted by atomic mass is 10.0. The number of rotatable bonds is 24. The molecule has 4 rings (SSSR count). The quantitative estimate of drug-likeness (QED) is 0.0412. The largest absolute Gasteiger partial charge is 0.482 e. The number of Topliss-reactive ketones (excluding diaryl/α,β-unsaturated/α-hetero) is 1. The fourth-order valence-electron chi connectivity index (χ4n) is 10.6. The van der Waals surface area contributed by atoms with Crippen LogP contribution in [0.15, 0.2) is 0 Å². The number of unbranched alkanes of at least 4 members (excludes halogenated alkanes) is 3. The van der Waals surface area contributed by atoms with Gasteiger partial charge >= 0.3 is 35.8 Å². The molecule has 0 bridgehead atoms. The van der Waals surface area contributed by atoms with E-state index in [0.717, 1.165) is 19.6 Å². The van der Waals surface area contributed by atoms with E-state index in [1.807, 2.05) is 0 Å². The van der Waals surface area contributed by atoms with Gasteiger partial charge in [0.15, 0.2) is 25.4 Å². The number of ketones is 1. The van der Waals surface area contributed by atoms with Crippen molar-refractivity contribution in [1.82, 2.24) is 16.0 Å². The molecule has 3 unspecified atom stereocenters. The van der Waals surface area contributed by atoms with E-state index < -0.39 is 47.9 Å². The Morgan fingerprint density at radius 2 is 1.15 bits per heavy atom. The molecule has 9 N–H and O–H groups in total. The van der Waals surface area contributed by atoms with Crippen molar-refractivity contribution >= 4 is 41.6 Å². The smallest absolute Gasteiger partial charge is 0.481 e. The van der Waals surface area contributed by atoms with Gasteiger partial charge in [0.1, 0.15) is 58.4 Å². The first-order valence-electron chi connectivity index (χ1n) is 18.9. The Hall–Kier alpha value is -3.91. The van der Waals surface area contributed by atoms with Crippen LogP contribution in [0.4, 0.5) is 4.79 Å². The summed E-state index contributed by atoms with van der Waals surface area (Å²) in [7, 11) is 2.14. The molecular formula is C34H60N8O11+4. The van der Waals surface area contributed by atoms with Crippen LogP contribution in [0.1, 0.15) is 64.2 Å². The van der Waals surface area contributed by atoms with E-state index >= 15 is 0 Å². The monoisotopic (exact) mass is 756 g/mol. The summed E-state index contributed by atoms with van der Waals surface area (Å²) in [6.07, 6.45) is 3.86. The Kier molecular flexibility index (Phi) is 13.5. The molecule has 4 aliphatic rings. The summed E-state index contributed by atoms with van der Waals surface area (Å²) >= 11 is 0. The third-order valence-corrected chi connectivity index (χ3v) is 12.4. The maximum Gasteiger partial charge on any atom is 0.482 e. The van der Waals surface area contributed by atoms with Crippen LogP contribution in [0.3, 0.4) is 0 Å². The van der Waals surface area contributed by atoms with Crippen LogP contribution >= 0.6 is 0 Å². The van der Waals surface area contributed by atoms with Crippen molar-refractivity contribution in [2.45, 2.75) is 82.2 Å². The van der Waals surface area contributed by atoms with Crippen LogP contribution in [-0.2, 0) is 28.8 Å². The number of carbonyl (C=O) groups is 7. The Bertz CT molecular complexity index is 1410. The number of nitrogens with zero attached hydrogens (tertiary/aromatic N) is 4. The fraction of sp³-hybridized carbons (Fsp3) is 0.794. The van der Waals surface area contributed by atoms with Gasteiger partial charge in [-0.1, -0.05) is 12.8 Å². The first-order valence-corrected chi connectivity index (χ1v) is 18.9. The second-order valence-electron chi connectivity index (χ2n) is 15.8. The molecule has 4 heterocycles. The van der Waals surface area contributed by atoms with Gasteiger partial charge in [-0.25, -0.2) is 19.2 Å². The molecule has 4 fully saturated rings. The molecule has 0 saturated carbocycles. The number of hydrogen-bond donors (Lipinski definition) is 8. The van der Waals surface area contributed by atoms with E-state index in [0.29, 0.717) is 95.6 Å². The van der Waals surface area contributed by atoms with E-state index in [1.165, 1.54) is 0 Å². The van der Waals surface area contributed by atoms with Gasteiger partial charge in [0, 0.05) is 25.9 Å². The van der Waals surface area contributed by atoms with Crippen molar-refractivity contribution in [3.05, 3.63) is 0 Å². The summed E-state index contributed by atoms with van der Waals surface area (Å²) in [5, 5.41) is 45.7. The molecule has 19 nitrogen and oxygen atoms in total. The van der Waals surface area contributed by atoms with Gasteiger partial charge in [-0.15, -0.1) is 8.97 Å². The average Bonchev–Trinajstić information content (AvgIpc) is 3.69. The molecule has 1 spiro atoms. The number of likely N-dealkylation sites (N-methyl/N-ethyl adjacent to an activating group) is 1. The lowest BCUT2D eigenvalue weighted by Gasteiger charge is -2.49. The summed E-state index contributed by atoms with van der Waals surface area (Å²) in [4.78, 5) is 84.7. The van der Waals surface area contributed by atoms with Crippen LogP contribution in [0.2, 0.25) is 0 Å². The predicted octanol–water partition coefficient (Wildman–Crippen LogP) is -1.53. The molecular weight excluding hydrogens is 696 g/mol. The maximum atomic E-state index is 13.7. The molecule has 19 heteroatoms. The first-order chi connectivity index (χ1) is 25.0. The Balaban J connectivity index is 1.18. The zero-order chi connectivity index (χ0) is 39.1. The Morgan fingerprint density at radius 1 is 0.623 bits per heavy atom. The standard InChI is InChI=1S/C34H56N8O11/c1-39-14-16-40(18-19-42(24-30(48)49)21-20-41(17-15-39,23-29(46)47)34(39,40)42)22-25(43)8-3-2-4-9-26(35)31(50)36-12-6-5-10-27(32(51)52)38-33(53)37-13-7-11-28(44)45/h26-27H,2-24,35H2,1H3,(H3-4,36,37,38,44,45,46,47,48,49,50,51,52,53)/p+4/t26-,27+,34+,39?,40+,41?,42?/m1/s1. The molecule has 0 aliphatic carbocycles. The second kappa shape index (κ2) is 17.0. The number of urea groups is 1. The van der Waals surface area contributed by atoms with Crippen LogP contribution in [0, 0.1) is 0 Å². The Labute approximate surface area is 309 Å². The highest BCUT2D eigenvalue weighted by molar-refractivity contribution is 5.82. The third-order valence-electron chi connectivity index (χ3n) is 12.4. The van der Waals surface area contributed by atoms with Gasteiger partial charge in [0.05, 0.1) is 13.1 Å². The maximum absolute atomic E-state index is 13.7. The van der Waals surface area contributed by atoms with Crippen LogP contribution < -0.4 is 21.7 Å². The number of carboxylic acids is 4. The molecule has 3 amide bonds. The van der Waals surface area contributed by atoms with E-state index in [-0.39, 0.29) is 63.7 Å². The lowest BCUT2D eigenvalue weighted by Crippen LogP contribution is -2.85. The second-order valence-corrected chi connectivity index (χ2v) is 15.8. The Morgan fingerprint density at radius 3 is 1.70 bits per heavy atom. The summed E-state index contributed by atoms with van der Waals surface area (Å²) in [5.41, 5.74) is 6.10. The zero-order valence-electron chi connectivity index (χ0n) is 30.9. The number of nitrogens with two attached hydrogens (primary N) is 1. The molecule has 7 atom stereocenters. The molecule has 0 radical (unpaired) electrons. The zero-order valence-corrected chi connectivity index (χ0v) is 30.9. The molecule has 0 aromatic rings. The molecule has 4 saturated heterocycles. The molecule has 298 valence electrons. The van der Waals surface area contributed by atoms with Gasteiger partial charge in [-0.05, 0) is 38.5 Å². The first kappa shape index (κ1) is 41.8. The number of carbonyl (C=O) groups excluding carboxylic acids is 3. The minimum atomic E-state index is -1.20. The summed E-state index contributed by atoms with van der Waals surface area (Å²) in [6.45, 7) is 5.89. The van der Waals surface area contributed by atoms with E-state index in [2.05, 4.69) is 23.0 Å². The molecule has 0 aromatic heterocycles. The average molecular weight is 757 g/mol. The van der Waals surface area contributed by atoms with Gasteiger partial charge in [0.25, 0.3) is 0 Å². The summed E-state index contributed by atoms with van der Waals surface area (Å²) in [5.74, 6) is -4.93. The fourth-order valence-corrected chi connectivity index (χ4v) is 10.6. The lowest BCUT2D eigenvalue weighted by molar-refractivity contribution is -1.36. The van der Waals surface area contributed by atoms with Gasteiger partial charge in [0.2, 0.25) is 5.91 Å². The predicted molar refractivity (Wildman–Crippen MR) is 186 cm³/mol. The number of quaternary nitrogens is 4. The normalized spacial score (nSPS) is 30.5. The van der Waals surface area contributed by atoms with Gasteiger partial charge < -0.3 is 42.1 Å². The molecule has 0 aromatic carbocycles. The van der Waals surface area contributed by atoms with Crippen molar-refractivity contribution in [2.75, 3.05) is 92.1 Å². The SMILES string of the molecule is C[N+]12CC[N+]3(CC(=O)O)CC[N+]4(CC(=O)O)CC[N@+](CC(=O)CCCCC[C@@H](N)C(=O)NCCCC[C@H](NC(=O)NCCCC(=O)O)C(=O)O)(CC1)[C@@]234. The van der Waals surface area contributed by atoms with Crippen molar-refractivity contribution in [3.8, 4) is 0 Å². The summed E-state index contributed by atoms with van der Waals surface area (Å²) in [6, 6.07) is -2.57. The van der Waals surface area contributed by atoms with E-state index in [4.69, 9.17) is 10.8 Å². The van der Waals surface area contributed by atoms with Crippen LogP contribution in [-0.4, -0.2) is 190 Å². The van der Waals surface area contributed by atoms with E-state index in [9.17, 15) is 48.9 Å². The van der Waals surface area contributed by atoms with Crippen molar-refractivity contribution < 1.29 is 71.9 Å². The molecule has 53 heavy (non-hydrogen) atoms. The van der Waals surface area contributed by atoms with Crippen molar-refractivity contribution in [2.24, 2.45) is 5.73 Å². The topological polar surface area (TPSA) is 263 Å². The van der Waals surface area contributed by atoms with Gasteiger partial charge in [-0.2, -0.15) is 8.97 Å². The van der Waals surface area contributed by atoms with Crippen LogP contribution in [0.25, 0.3) is 0 Å². The number of hydrogen-bond acceptors (Lipinski definition) is 8. The van der Waals surface area contributed by atoms with Gasteiger partial charge in [-0.3, -0.25) is 14.4 Å². The molecule has 4 aliphatic heterocycles. The highest BCUT2D eigenvalue weighted by Crippen LogP contribution is 2.61. The van der Waals surface area contributed by atoms with Crippen molar-refractivity contribution in [3.63, 3.8) is 0 Å². The van der Waals surface area contributed by atoms with E-state index in [1.54, 1.807) is 0 Å².